The molecule has 0 amide bonds. The summed E-state index contributed by atoms with van der Waals surface area (Å²) in [6, 6.07) is 34.4. The van der Waals surface area contributed by atoms with E-state index in [1.54, 1.807) is 36.0 Å². The van der Waals surface area contributed by atoms with Crippen LogP contribution >= 0.6 is 29.8 Å². The molecular weight excluding hydrogens is 634 g/mol. The highest BCUT2D eigenvalue weighted by Gasteiger charge is 2.12. The van der Waals surface area contributed by atoms with Crippen molar-refractivity contribution in [3.8, 4) is 28.7 Å². The Labute approximate surface area is 281 Å². The van der Waals surface area contributed by atoms with E-state index in [0.717, 1.165) is 50.6 Å². The Kier molecular flexibility index (Phi) is 15.7. The summed E-state index contributed by atoms with van der Waals surface area (Å²) in [6.07, 6.45) is 2.06. The van der Waals surface area contributed by atoms with Crippen molar-refractivity contribution < 1.29 is 28.3 Å². The molecule has 242 valence electrons. The van der Waals surface area contributed by atoms with Crippen LogP contribution in [0.2, 0.25) is 0 Å². The van der Waals surface area contributed by atoms with Gasteiger partial charge in [0.2, 0.25) is 9.03 Å². The maximum absolute atomic E-state index is 8.81. The van der Waals surface area contributed by atoms with Crippen LogP contribution in [0.15, 0.2) is 114 Å². The molecule has 0 saturated carbocycles. The van der Waals surface area contributed by atoms with Crippen molar-refractivity contribution in [2.24, 2.45) is 0 Å². The van der Waals surface area contributed by atoms with E-state index >= 15 is 0 Å². The van der Waals surface area contributed by atoms with Crippen LogP contribution in [0.3, 0.4) is 0 Å². The van der Waals surface area contributed by atoms with Gasteiger partial charge in [0.15, 0.2) is 0 Å². The summed E-state index contributed by atoms with van der Waals surface area (Å²) in [7, 11) is -0.227. The van der Waals surface area contributed by atoms with Gasteiger partial charge in [-0.05, 0) is 129 Å². The van der Waals surface area contributed by atoms with Crippen LogP contribution < -0.4 is 13.6 Å². The van der Waals surface area contributed by atoms with Crippen LogP contribution in [0.25, 0.3) is 0 Å². The molecule has 0 aliphatic carbocycles. The lowest BCUT2D eigenvalue weighted by molar-refractivity contribution is 0.315. The lowest BCUT2D eigenvalue weighted by Crippen LogP contribution is -1.96. The molecule has 0 bridgehead atoms. The first-order chi connectivity index (χ1) is 22.1. The van der Waals surface area contributed by atoms with Crippen LogP contribution in [0, 0.1) is 34.6 Å². The van der Waals surface area contributed by atoms with E-state index in [2.05, 4.69) is 18.4 Å². The van der Waals surface area contributed by atoms with Crippen LogP contribution in [0.5, 0.6) is 28.7 Å². The van der Waals surface area contributed by atoms with Crippen molar-refractivity contribution in [2.75, 3.05) is 6.26 Å². The van der Waals surface area contributed by atoms with Crippen molar-refractivity contribution in [1.82, 2.24) is 0 Å². The third kappa shape index (κ3) is 13.7. The van der Waals surface area contributed by atoms with Crippen molar-refractivity contribution >= 4 is 29.8 Å². The number of aromatic hydroxyl groups is 2. The van der Waals surface area contributed by atoms with E-state index in [0.29, 0.717) is 18.1 Å². The third-order valence-electron chi connectivity index (χ3n) is 6.29. The van der Waals surface area contributed by atoms with Gasteiger partial charge in [0.1, 0.15) is 28.7 Å². The van der Waals surface area contributed by atoms with Gasteiger partial charge in [-0.25, -0.2) is 0 Å². The summed E-state index contributed by atoms with van der Waals surface area (Å²) in [5.41, 5.74) is 6.53. The van der Waals surface area contributed by atoms with E-state index in [1.807, 2.05) is 107 Å². The molecule has 0 spiro atoms. The summed E-state index contributed by atoms with van der Waals surface area (Å²) in [6.45, 7) is 10.4. The molecule has 2 N–H and O–H groups in total. The van der Waals surface area contributed by atoms with Crippen LogP contribution in [-0.2, 0) is 11.1 Å². The zero-order valence-electron chi connectivity index (χ0n) is 27.0. The predicted molar refractivity (Wildman–Crippen MR) is 194 cm³/mol. The van der Waals surface area contributed by atoms with Gasteiger partial charge >= 0.3 is 0 Å². The first kappa shape index (κ1) is 36.7. The molecule has 6 nitrogen and oxygen atoms in total. The molecule has 5 aromatic carbocycles. The van der Waals surface area contributed by atoms with Gasteiger partial charge in [0.05, 0.1) is 6.61 Å². The first-order valence-electron chi connectivity index (χ1n) is 14.6. The van der Waals surface area contributed by atoms with E-state index in [4.69, 9.17) is 28.3 Å². The summed E-state index contributed by atoms with van der Waals surface area (Å²) < 4.78 is 23.3. The Hall–Kier alpha value is -3.73. The fraction of sp³-hybridized carbons (Fsp3) is 0.189. The second-order valence-electron chi connectivity index (χ2n) is 10.5. The van der Waals surface area contributed by atoms with Crippen molar-refractivity contribution in [3.63, 3.8) is 0 Å². The second-order valence-corrected chi connectivity index (χ2v) is 12.6. The highest BCUT2D eigenvalue weighted by Crippen LogP contribution is 2.36. The molecule has 0 fully saturated rings. The third-order valence-corrected chi connectivity index (χ3v) is 8.19. The minimum atomic E-state index is -0.136. The normalized spacial score (nSPS) is 10.7. The summed E-state index contributed by atoms with van der Waals surface area (Å²) in [5, 5.41) is 17.6. The van der Waals surface area contributed by atoms with E-state index in [9.17, 15) is 0 Å². The number of benzene rings is 5. The van der Waals surface area contributed by atoms with E-state index < -0.39 is 0 Å². The minimum absolute atomic E-state index is 0.0908. The van der Waals surface area contributed by atoms with Gasteiger partial charge in [0, 0.05) is 10.5 Å². The molecule has 0 heterocycles. The lowest BCUT2D eigenvalue weighted by atomic mass is 10.1. The highest BCUT2D eigenvalue weighted by molar-refractivity contribution is 7.98. The number of hydrogen-bond donors (Lipinski definition) is 2. The molecule has 0 saturated heterocycles. The van der Waals surface area contributed by atoms with Gasteiger partial charge in [0.25, 0.3) is 9.03 Å². The number of hydrogen-bond acceptors (Lipinski definition) is 7. The monoisotopic (exact) mass is 676 g/mol. The number of aryl methyl sites for hydroxylation is 5. The summed E-state index contributed by atoms with van der Waals surface area (Å²) in [5.74, 6) is 3.10. The zero-order chi connectivity index (χ0) is 33.3. The average Bonchev–Trinajstić information content (AvgIpc) is 3.01. The molecule has 0 aromatic heterocycles. The molecule has 2 unspecified atom stereocenters. The Bertz CT molecular complexity index is 1590. The van der Waals surface area contributed by atoms with Crippen molar-refractivity contribution in [3.05, 3.63) is 143 Å². The quantitative estimate of drug-likeness (QED) is 0.0866. The minimum Gasteiger partial charge on any atom is -0.508 e. The Morgan fingerprint density at radius 1 is 0.565 bits per heavy atom. The SMILES string of the molecule is CSc1cc(C)c(OPOc2cccc(C)c2)c(COPOc2cccc(C)c2)c1.Cc1cccc(O)c1.Cc1cccc(O)c1. The summed E-state index contributed by atoms with van der Waals surface area (Å²) in [4.78, 5) is 1.17. The van der Waals surface area contributed by atoms with Crippen molar-refractivity contribution in [1.29, 1.82) is 0 Å². The number of thioether (sulfide) groups is 1. The van der Waals surface area contributed by atoms with Crippen LogP contribution in [0.4, 0.5) is 0 Å². The van der Waals surface area contributed by atoms with Gasteiger partial charge in [-0.3, -0.25) is 0 Å². The molecule has 0 radical (unpaired) electrons. The maximum Gasteiger partial charge on any atom is 0.275 e. The van der Waals surface area contributed by atoms with Crippen LogP contribution in [0.1, 0.15) is 33.4 Å². The van der Waals surface area contributed by atoms with Gasteiger partial charge in [-0.15, -0.1) is 11.8 Å². The second kappa shape index (κ2) is 19.7. The van der Waals surface area contributed by atoms with E-state index in [-0.39, 0.29) is 18.1 Å². The van der Waals surface area contributed by atoms with E-state index in [1.165, 1.54) is 4.90 Å². The molecule has 0 aliphatic rings. The smallest absolute Gasteiger partial charge is 0.275 e. The maximum atomic E-state index is 8.81. The fourth-order valence-electron chi connectivity index (χ4n) is 4.09. The lowest BCUT2D eigenvalue weighted by Gasteiger charge is -2.16. The van der Waals surface area contributed by atoms with Crippen LogP contribution in [-0.4, -0.2) is 16.5 Å². The van der Waals surface area contributed by atoms with Crippen molar-refractivity contribution in [2.45, 2.75) is 46.1 Å². The Balaban J connectivity index is 0.000000291. The molecule has 5 aromatic rings. The van der Waals surface area contributed by atoms with Gasteiger partial charge < -0.3 is 28.3 Å². The number of phenols is 2. The number of phenolic OH excluding ortho intramolecular Hbond substituents is 2. The zero-order valence-corrected chi connectivity index (χ0v) is 29.9. The highest BCUT2D eigenvalue weighted by atomic mass is 32.2. The first-order valence-corrected chi connectivity index (χ1v) is 17.4. The van der Waals surface area contributed by atoms with Gasteiger partial charge in [-0.1, -0.05) is 48.5 Å². The Morgan fingerprint density at radius 3 is 1.48 bits per heavy atom. The predicted octanol–water partition coefficient (Wildman–Crippen LogP) is 10.8. The number of rotatable bonds is 10. The molecule has 9 heteroatoms. The molecule has 2 atom stereocenters. The molecule has 0 aliphatic heterocycles. The average molecular weight is 677 g/mol. The van der Waals surface area contributed by atoms with Gasteiger partial charge in [-0.2, -0.15) is 0 Å². The summed E-state index contributed by atoms with van der Waals surface area (Å²) >= 11 is 1.70. The standard InChI is InChI=1S/C23H26O4P2S.2C7H8O/c1-16-7-5-9-20(11-16)25-28-24-15-19-14-22(30-4)13-18(3)23(19)27-29-26-21-10-6-8-17(2)12-21;2*1-6-3-2-4-7(8)5-6/h5-14,28-29H,15H2,1-4H3;2*2-5,8H,1H3. The molecule has 5 rings (SSSR count). The molecular formula is C37H42O6P2S. The Morgan fingerprint density at radius 2 is 1.04 bits per heavy atom. The largest absolute Gasteiger partial charge is 0.508 e. The fourth-order valence-corrected chi connectivity index (χ4v) is 5.78. The molecule has 46 heavy (non-hydrogen) atoms. The topological polar surface area (TPSA) is 77.4 Å².